The molecular formula is C15H9Cl2N5O3. The van der Waals surface area contributed by atoms with Crippen molar-refractivity contribution in [3.63, 3.8) is 0 Å². The minimum atomic E-state index is -0.646. The van der Waals surface area contributed by atoms with Crippen molar-refractivity contribution in [1.29, 1.82) is 0 Å². The van der Waals surface area contributed by atoms with Crippen LogP contribution in [0.2, 0.25) is 10.0 Å². The Kier molecular flexibility index (Phi) is 4.92. The fraction of sp³-hybridized carbons (Fsp3) is 0. The van der Waals surface area contributed by atoms with Gasteiger partial charge in [-0.15, -0.1) is 0 Å². The summed E-state index contributed by atoms with van der Waals surface area (Å²) in [4.78, 5) is 22.5. The standard InChI is InChI=1S/C15H9Cl2N5O3/c16-10-4-1-5-11(12(10)17)21-14-13(22(23)24)15(20-8-19-14)25-9-3-2-6-18-7-9/h1-8H,(H,19,20,21). The van der Waals surface area contributed by atoms with Crippen LogP contribution < -0.4 is 10.1 Å². The second-order valence-corrected chi connectivity index (χ2v) is 5.44. The van der Waals surface area contributed by atoms with Crippen LogP contribution in [0.1, 0.15) is 0 Å². The molecule has 0 amide bonds. The van der Waals surface area contributed by atoms with E-state index in [4.69, 9.17) is 27.9 Å². The van der Waals surface area contributed by atoms with Crippen molar-refractivity contribution in [3.8, 4) is 11.6 Å². The summed E-state index contributed by atoms with van der Waals surface area (Å²) in [5.74, 6) is -0.00672. The van der Waals surface area contributed by atoms with Crippen LogP contribution in [0, 0.1) is 10.1 Å². The Hall–Kier alpha value is -2.97. The number of halogens is 2. The summed E-state index contributed by atoms with van der Waals surface area (Å²) in [7, 11) is 0. The lowest BCUT2D eigenvalue weighted by Gasteiger charge is -2.10. The molecule has 2 aromatic heterocycles. The average molecular weight is 378 g/mol. The largest absolute Gasteiger partial charge is 0.432 e. The zero-order valence-electron chi connectivity index (χ0n) is 12.4. The highest BCUT2D eigenvalue weighted by molar-refractivity contribution is 6.43. The third-order valence-corrected chi connectivity index (χ3v) is 3.84. The number of hydrogen-bond acceptors (Lipinski definition) is 7. The Morgan fingerprint density at radius 3 is 2.72 bits per heavy atom. The number of hydrogen-bond donors (Lipinski definition) is 1. The topological polar surface area (TPSA) is 103 Å². The van der Waals surface area contributed by atoms with Gasteiger partial charge in [0.25, 0.3) is 0 Å². The maximum atomic E-state index is 11.5. The fourth-order valence-corrected chi connectivity index (χ4v) is 2.29. The molecule has 0 bridgehead atoms. The van der Waals surface area contributed by atoms with Gasteiger partial charge in [-0.3, -0.25) is 15.1 Å². The predicted octanol–water partition coefficient (Wildman–Crippen LogP) is 4.62. The zero-order chi connectivity index (χ0) is 17.8. The quantitative estimate of drug-likeness (QED) is 0.510. The molecule has 2 heterocycles. The first-order valence-corrected chi connectivity index (χ1v) is 7.60. The number of aromatic nitrogens is 3. The highest BCUT2D eigenvalue weighted by Crippen LogP contribution is 2.37. The number of ether oxygens (including phenoxy) is 1. The Morgan fingerprint density at radius 1 is 1.16 bits per heavy atom. The second kappa shape index (κ2) is 7.29. The fourth-order valence-electron chi connectivity index (χ4n) is 1.94. The van der Waals surface area contributed by atoms with Crippen molar-refractivity contribution in [1.82, 2.24) is 15.0 Å². The van der Waals surface area contributed by atoms with Crippen molar-refractivity contribution >= 4 is 40.4 Å². The van der Waals surface area contributed by atoms with Gasteiger partial charge in [0, 0.05) is 6.20 Å². The van der Waals surface area contributed by atoms with Gasteiger partial charge in [0.1, 0.15) is 12.1 Å². The van der Waals surface area contributed by atoms with E-state index in [2.05, 4.69) is 20.3 Å². The molecule has 126 valence electrons. The lowest BCUT2D eigenvalue weighted by Crippen LogP contribution is -2.04. The number of benzene rings is 1. The average Bonchev–Trinajstić information content (AvgIpc) is 2.60. The Labute approximate surface area is 151 Å². The van der Waals surface area contributed by atoms with Crippen LogP contribution in [0.4, 0.5) is 17.2 Å². The van der Waals surface area contributed by atoms with Gasteiger partial charge in [-0.25, -0.2) is 4.98 Å². The highest BCUT2D eigenvalue weighted by Gasteiger charge is 2.25. The molecule has 1 aromatic carbocycles. The first-order valence-electron chi connectivity index (χ1n) is 6.84. The van der Waals surface area contributed by atoms with E-state index in [1.807, 2.05) is 0 Å². The summed E-state index contributed by atoms with van der Waals surface area (Å²) in [6, 6.07) is 8.09. The number of rotatable bonds is 5. The number of nitrogens with zero attached hydrogens (tertiary/aromatic N) is 4. The summed E-state index contributed by atoms with van der Waals surface area (Å²) < 4.78 is 5.45. The first kappa shape index (κ1) is 16.9. The van der Waals surface area contributed by atoms with Crippen molar-refractivity contribution in [3.05, 3.63) is 69.2 Å². The van der Waals surface area contributed by atoms with Crippen LogP contribution in [0.25, 0.3) is 0 Å². The van der Waals surface area contributed by atoms with E-state index in [0.717, 1.165) is 6.33 Å². The summed E-state index contributed by atoms with van der Waals surface area (Å²) in [6.45, 7) is 0. The van der Waals surface area contributed by atoms with Crippen LogP contribution in [0.15, 0.2) is 49.1 Å². The number of nitrogens with one attached hydrogen (secondary N) is 1. The maximum absolute atomic E-state index is 11.5. The molecule has 3 rings (SSSR count). The molecule has 0 saturated carbocycles. The number of nitro groups is 1. The molecule has 0 aliphatic rings. The van der Waals surface area contributed by atoms with Gasteiger partial charge >= 0.3 is 11.6 Å². The van der Waals surface area contributed by atoms with E-state index in [0.29, 0.717) is 16.5 Å². The van der Waals surface area contributed by atoms with Gasteiger partial charge in [0.15, 0.2) is 0 Å². The van der Waals surface area contributed by atoms with Gasteiger partial charge < -0.3 is 10.1 Å². The zero-order valence-corrected chi connectivity index (χ0v) is 13.9. The molecule has 3 aromatic rings. The summed E-state index contributed by atoms with van der Waals surface area (Å²) in [6.07, 6.45) is 4.10. The first-order chi connectivity index (χ1) is 12.1. The van der Waals surface area contributed by atoms with Gasteiger partial charge in [-0.1, -0.05) is 29.3 Å². The Morgan fingerprint density at radius 2 is 2.00 bits per heavy atom. The van der Waals surface area contributed by atoms with Crippen molar-refractivity contribution < 1.29 is 9.66 Å². The molecule has 1 N–H and O–H groups in total. The molecule has 10 heteroatoms. The van der Waals surface area contributed by atoms with Gasteiger partial charge in [-0.2, -0.15) is 4.98 Å². The third kappa shape index (κ3) is 3.76. The van der Waals surface area contributed by atoms with E-state index < -0.39 is 10.6 Å². The molecule has 0 radical (unpaired) electrons. The highest BCUT2D eigenvalue weighted by atomic mass is 35.5. The molecule has 8 nitrogen and oxygen atoms in total. The minimum Gasteiger partial charge on any atom is -0.432 e. The van der Waals surface area contributed by atoms with E-state index in [1.54, 1.807) is 36.5 Å². The Bertz CT molecular complexity index is 924. The monoisotopic (exact) mass is 377 g/mol. The van der Waals surface area contributed by atoms with Gasteiger partial charge in [0.2, 0.25) is 5.82 Å². The molecule has 0 spiro atoms. The molecule has 0 aliphatic carbocycles. The third-order valence-electron chi connectivity index (χ3n) is 3.02. The van der Waals surface area contributed by atoms with Crippen molar-refractivity contribution in [2.75, 3.05) is 5.32 Å². The van der Waals surface area contributed by atoms with Crippen LogP contribution in [-0.4, -0.2) is 19.9 Å². The molecule has 0 aliphatic heterocycles. The number of pyridine rings is 1. The lowest BCUT2D eigenvalue weighted by atomic mass is 10.3. The van der Waals surface area contributed by atoms with Crippen LogP contribution in [0.3, 0.4) is 0 Å². The minimum absolute atomic E-state index is 0.0805. The molecule has 25 heavy (non-hydrogen) atoms. The molecular weight excluding hydrogens is 369 g/mol. The van der Waals surface area contributed by atoms with E-state index in [1.165, 1.54) is 6.20 Å². The lowest BCUT2D eigenvalue weighted by molar-refractivity contribution is -0.385. The summed E-state index contributed by atoms with van der Waals surface area (Å²) in [5, 5.41) is 14.8. The van der Waals surface area contributed by atoms with Gasteiger partial charge in [-0.05, 0) is 24.3 Å². The van der Waals surface area contributed by atoms with E-state index >= 15 is 0 Å². The number of anilines is 2. The predicted molar refractivity (Wildman–Crippen MR) is 92.7 cm³/mol. The molecule has 0 atom stereocenters. The summed E-state index contributed by atoms with van der Waals surface area (Å²) >= 11 is 12.0. The van der Waals surface area contributed by atoms with Crippen molar-refractivity contribution in [2.24, 2.45) is 0 Å². The van der Waals surface area contributed by atoms with Gasteiger partial charge in [0.05, 0.1) is 26.9 Å². The molecule has 0 unspecified atom stereocenters. The summed E-state index contributed by atoms with van der Waals surface area (Å²) in [5.41, 5.74) is -0.0781. The Balaban J connectivity index is 2.01. The normalized spacial score (nSPS) is 10.3. The van der Waals surface area contributed by atoms with E-state index in [9.17, 15) is 10.1 Å². The SMILES string of the molecule is O=[N+]([O-])c1c(Nc2cccc(Cl)c2Cl)ncnc1Oc1cccnc1. The molecule has 0 fully saturated rings. The van der Waals surface area contributed by atoms with Crippen LogP contribution >= 0.6 is 23.2 Å². The van der Waals surface area contributed by atoms with E-state index in [-0.39, 0.29) is 16.7 Å². The molecule has 0 saturated heterocycles. The van der Waals surface area contributed by atoms with Crippen molar-refractivity contribution in [2.45, 2.75) is 0 Å². The van der Waals surface area contributed by atoms with Crippen LogP contribution in [0.5, 0.6) is 11.6 Å². The second-order valence-electron chi connectivity index (χ2n) is 4.65. The van der Waals surface area contributed by atoms with Crippen LogP contribution in [-0.2, 0) is 0 Å². The maximum Gasteiger partial charge on any atom is 0.373 e. The smallest absolute Gasteiger partial charge is 0.373 e.